The molecule has 0 unspecified atom stereocenters. The van der Waals surface area contributed by atoms with Crippen LogP contribution in [0.5, 0.6) is 5.75 Å². The molecule has 4 aromatic carbocycles. The third-order valence-electron chi connectivity index (χ3n) is 6.46. The van der Waals surface area contributed by atoms with E-state index in [0.717, 1.165) is 36.1 Å². The summed E-state index contributed by atoms with van der Waals surface area (Å²) < 4.78 is 6.97. The van der Waals surface area contributed by atoms with Gasteiger partial charge in [-0.2, -0.15) is 0 Å². The lowest BCUT2D eigenvalue weighted by molar-refractivity contribution is 0.309. The van der Waals surface area contributed by atoms with Gasteiger partial charge in [-0.1, -0.05) is 116 Å². The van der Waals surface area contributed by atoms with Gasteiger partial charge in [0.1, 0.15) is 5.75 Å². The van der Waals surface area contributed by atoms with Gasteiger partial charge in [-0.3, -0.25) is 0 Å². The largest absolute Gasteiger partial charge is 0.494 e. The fourth-order valence-electron chi connectivity index (χ4n) is 4.40. The molecule has 180 valence electrons. The molecule has 0 spiro atoms. The van der Waals surface area contributed by atoms with Crippen molar-refractivity contribution in [2.45, 2.75) is 52.4 Å². The second-order valence-electron chi connectivity index (χ2n) is 9.12. The molecule has 0 aliphatic rings. The van der Waals surface area contributed by atoms with E-state index in [4.69, 9.17) is 4.74 Å². The first-order chi connectivity index (χ1) is 17.2. The van der Waals surface area contributed by atoms with Crippen LogP contribution in [0.25, 0.3) is 33.4 Å². The molecule has 0 amide bonds. The van der Waals surface area contributed by atoms with Crippen LogP contribution in [0.1, 0.15) is 51.5 Å². The number of ether oxygens (including phenoxy) is 1. The third-order valence-corrected chi connectivity index (χ3v) is 7.11. The Morgan fingerprint density at radius 1 is 0.600 bits per heavy atom. The van der Waals surface area contributed by atoms with Crippen molar-refractivity contribution < 1.29 is 4.74 Å². The molecule has 0 heterocycles. The summed E-state index contributed by atoms with van der Waals surface area (Å²) in [6.45, 7) is 5.19. The van der Waals surface area contributed by atoms with Gasteiger partial charge in [0.2, 0.25) is 0 Å². The van der Waals surface area contributed by atoms with Crippen molar-refractivity contribution >= 4 is 15.9 Å². The second kappa shape index (κ2) is 12.7. The first-order valence-corrected chi connectivity index (χ1v) is 13.7. The van der Waals surface area contributed by atoms with Crippen LogP contribution in [0.15, 0.2) is 95.5 Å². The zero-order valence-corrected chi connectivity index (χ0v) is 22.5. The van der Waals surface area contributed by atoms with Gasteiger partial charge in [0.05, 0.1) is 6.61 Å². The Kier molecular flexibility index (Phi) is 9.20. The van der Waals surface area contributed by atoms with E-state index in [9.17, 15) is 0 Å². The van der Waals surface area contributed by atoms with E-state index in [2.05, 4.69) is 121 Å². The van der Waals surface area contributed by atoms with E-state index in [1.807, 2.05) is 0 Å². The molecule has 35 heavy (non-hydrogen) atoms. The predicted octanol–water partition coefficient (Wildman–Crippen LogP) is 10.4. The topological polar surface area (TPSA) is 9.23 Å². The van der Waals surface area contributed by atoms with Crippen LogP contribution in [0.2, 0.25) is 0 Å². The van der Waals surface area contributed by atoms with Crippen LogP contribution in [0.3, 0.4) is 0 Å². The highest BCUT2D eigenvalue weighted by atomic mass is 79.9. The molecule has 0 N–H and O–H groups in total. The molecule has 0 atom stereocenters. The highest BCUT2D eigenvalue weighted by Gasteiger charge is 2.13. The molecule has 2 heteroatoms. The summed E-state index contributed by atoms with van der Waals surface area (Å²) in [4.78, 5) is 0. The van der Waals surface area contributed by atoms with E-state index in [1.165, 1.54) is 58.2 Å². The molecular weight excluding hydrogens is 492 g/mol. The summed E-state index contributed by atoms with van der Waals surface area (Å²) >= 11 is 3.82. The average molecular weight is 528 g/mol. The van der Waals surface area contributed by atoms with Crippen molar-refractivity contribution in [3.63, 3.8) is 0 Å². The lowest BCUT2D eigenvalue weighted by atomic mass is 9.91. The maximum absolute atomic E-state index is 5.92. The van der Waals surface area contributed by atoms with Gasteiger partial charge in [-0.25, -0.2) is 0 Å². The Morgan fingerprint density at radius 2 is 1.31 bits per heavy atom. The fourth-order valence-corrected chi connectivity index (χ4v) is 4.97. The van der Waals surface area contributed by atoms with Crippen LogP contribution in [0.4, 0.5) is 0 Å². The minimum Gasteiger partial charge on any atom is -0.494 e. The van der Waals surface area contributed by atoms with Gasteiger partial charge in [0.15, 0.2) is 0 Å². The Morgan fingerprint density at radius 3 is 2.03 bits per heavy atom. The van der Waals surface area contributed by atoms with E-state index >= 15 is 0 Å². The van der Waals surface area contributed by atoms with E-state index < -0.39 is 0 Å². The highest BCUT2D eigenvalue weighted by Crippen LogP contribution is 2.40. The summed E-state index contributed by atoms with van der Waals surface area (Å²) in [6, 6.07) is 32.9. The number of halogens is 1. The quantitative estimate of drug-likeness (QED) is 0.176. The number of hydrogen-bond donors (Lipinski definition) is 0. The Labute approximate surface area is 219 Å². The van der Waals surface area contributed by atoms with Crippen molar-refractivity contribution in [2.24, 2.45) is 0 Å². The van der Waals surface area contributed by atoms with E-state index in [0.29, 0.717) is 0 Å². The molecule has 0 aliphatic carbocycles. The lowest BCUT2D eigenvalue weighted by Crippen LogP contribution is -1.96. The SMILES string of the molecule is CCCCCc1ccc(-c2ccc(-c3ccc(OCCCC)cc3Br)c(-c3ccccc3)c2)cc1. The van der Waals surface area contributed by atoms with Crippen molar-refractivity contribution in [1.82, 2.24) is 0 Å². The molecule has 0 aliphatic heterocycles. The molecule has 0 aromatic heterocycles. The van der Waals surface area contributed by atoms with E-state index in [1.54, 1.807) is 0 Å². The average Bonchev–Trinajstić information content (AvgIpc) is 2.90. The minimum atomic E-state index is 0.754. The fraction of sp³-hybridized carbons (Fsp3) is 0.273. The molecule has 4 rings (SSSR count). The van der Waals surface area contributed by atoms with Crippen LogP contribution >= 0.6 is 15.9 Å². The smallest absolute Gasteiger partial charge is 0.120 e. The van der Waals surface area contributed by atoms with Crippen LogP contribution in [-0.2, 0) is 6.42 Å². The highest BCUT2D eigenvalue weighted by molar-refractivity contribution is 9.10. The molecule has 0 saturated carbocycles. The first-order valence-electron chi connectivity index (χ1n) is 12.9. The summed E-state index contributed by atoms with van der Waals surface area (Å²) in [7, 11) is 0. The lowest BCUT2D eigenvalue weighted by Gasteiger charge is -2.15. The van der Waals surface area contributed by atoms with Crippen molar-refractivity contribution in [2.75, 3.05) is 6.61 Å². The van der Waals surface area contributed by atoms with Gasteiger partial charge in [0, 0.05) is 4.47 Å². The minimum absolute atomic E-state index is 0.754. The normalized spacial score (nSPS) is 10.9. The monoisotopic (exact) mass is 526 g/mol. The Bertz CT molecular complexity index is 1210. The second-order valence-corrected chi connectivity index (χ2v) is 9.98. The van der Waals surface area contributed by atoms with Gasteiger partial charge in [0.25, 0.3) is 0 Å². The zero-order chi connectivity index (χ0) is 24.5. The molecule has 0 radical (unpaired) electrons. The molecule has 0 fully saturated rings. The summed E-state index contributed by atoms with van der Waals surface area (Å²) in [5, 5.41) is 0. The maximum atomic E-state index is 5.92. The summed E-state index contributed by atoms with van der Waals surface area (Å²) in [5.74, 6) is 0.908. The molecule has 0 bridgehead atoms. The first kappa shape index (κ1) is 25.3. The van der Waals surface area contributed by atoms with Gasteiger partial charge >= 0.3 is 0 Å². The van der Waals surface area contributed by atoms with Crippen molar-refractivity contribution in [1.29, 1.82) is 0 Å². The number of aryl methyl sites for hydroxylation is 1. The van der Waals surface area contributed by atoms with Gasteiger partial charge in [-0.05, 0) is 82.5 Å². The van der Waals surface area contributed by atoms with Crippen LogP contribution in [-0.4, -0.2) is 6.61 Å². The zero-order valence-electron chi connectivity index (χ0n) is 20.9. The van der Waals surface area contributed by atoms with Crippen molar-refractivity contribution in [3.05, 3.63) is 101 Å². The Hall–Kier alpha value is -2.84. The van der Waals surface area contributed by atoms with Crippen molar-refractivity contribution in [3.8, 4) is 39.1 Å². The summed E-state index contributed by atoms with van der Waals surface area (Å²) in [5.41, 5.74) is 8.75. The van der Waals surface area contributed by atoms with Crippen LogP contribution in [0, 0.1) is 0 Å². The number of hydrogen-bond acceptors (Lipinski definition) is 1. The number of benzene rings is 4. The van der Waals surface area contributed by atoms with E-state index in [-0.39, 0.29) is 0 Å². The van der Waals surface area contributed by atoms with Gasteiger partial charge < -0.3 is 4.74 Å². The number of unbranched alkanes of at least 4 members (excludes halogenated alkanes) is 3. The number of rotatable bonds is 11. The molecule has 4 aromatic rings. The van der Waals surface area contributed by atoms with Crippen LogP contribution < -0.4 is 4.74 Å². The Balaban J connectivity index is 1.68. The molecule has 0 saturated heterocycles. The standard InChI is InChI=1S/C33H35BrO/c1-3-5-8-11-25-14-16-26(17-15-25)28-18-20-30(32(23-28)27-12-9-7-10-13-27)31-21-19-29(24-33(31)34)35-22-6-4-2/h7,9-10,12-21,23-24H,3-6,8,11,22H2,1-2H3. The summed E-state index contributed by atoms with van der Waals surface area (Å²) in [6.07, 6.45) is 7.18. The maximum Gasteiger partial charge on any atom is 0.120 e. The molecular formula is C33H35BrO. The predicted molar refractivity (Wildman–Crippen MR) is 154 cm³/mol. The third kappa shape index (κ3) is 6.64. The molecule has 1 nitrogen and oxygen atoms in total. The van der Waals surface area contributed by atoms with Gasteiger partial charge in [-0.15, -0.1) is 0 Å².